The Hall–Kier alpha value is -2.50. The first-order chi connectivity index (χ1) is 14.4. The molecule has 0 bridgehead atoms. The van der Waals surface area contributed by atoms with Gasteiger partial charge in [-0.05, 0) is 44.9 Å². The molecule has 2 aromatic rings. The molecule has 2 aromatic heterocycles. The van der Waals surface area contributed by atoms with Gasteiger partial charge in [-0.25, -0.2) is 9.37 Å². The first kappa shape index (κ1) is 19.5. The second-order valence-electron chi connectivity index (χ2n) is 8.35. The van der Waals surface area contributed by atoms with Crippen molar-refractivity contribution in [2.45, 2.75) is 25.2 Å². The van der Waals surface area contributed by atoms with Gasteiger partial charge in [0.2, 0.25) is 0 Å². The average molecular weight is 425 g/mol. The summed E-state index contributed by atoms with van der Waals surface area (Å²) >= 11 is 0. The number of aryl methyl sites for hydroxylation is 1. The number of nitrogens with zero attached hydrogens (tertiary/aromatic N) is 5. The monoisotopic (exact) mass is 425 g/mol. The highest BCUT2D eigenvalue weighted by Crippen LogP contribution is 2.45. The maximum absolute atomic E-state index is 14.5. The minimum Gasteiger partial charge on any atom is -0.369 e. The van der Waals surface area contributed by atoms with Gasteiger partial charge >= 0.3 is 0 Å². The Balaban J connectivity index is 1.40. The number of amides is 1. The zero-order valence-electron chi connectivity index (χ0n) is 17.3. The number of halogens is 1. The first-order valence-electron chi connectivity index (χ1n) is 10.2. The van der Waals surface area contributed by atoms with Gasteiger partial charge in [-0.1, -0.05) is 14.7 Å². The number of aromatic nitrogens is 2. The lowest BCUT2D eigenvalue weighted by atomic mass is 10.2. The lowest BCUT2D eigenvalue weighted by Crippen LogP contribution is -2.38. The van der Waals surface area contributed by atoms with Crippen molar-refractivity contribution in [3.05, 3.63) is 65.7 Å². The number of rotatable bonds is 3. The quantitative estimate of drug-likeness (QED) is 0.710. The van der Waals surface area contributed by atoms with E-state index in [4.69, 9.17) is 0 Å². The molecule has 6 nitrogen and oxygen atoms in total. The summed E-state index contributed by atoms with van der Waals surface area (Å²) in [5.41, 5.74) is 2.91. The van der Waals surface area contributed by atoms with E-state index in [9.17, 15) is 9.18 Å². The van der Waals surface area contributed by atoms with Gasteiger partial charge in [0.15, 0.2) is 11.5 Å². The summed E-state index contributed by atoms with van der Waals surface area (Å²) in [4.78, 5) is 23.6. The van der Waals surface area contributed by atoms with Crippen molar-refractivity contribution >= 4 is 25.4 Å². The lowest BCUT2D eigenvalue weighted by molar-refractivity contribution is -0.123. The second-order valence-corrected chi connectivity index (χ2v) is 9.77. The smallest absolute Gasteiger partial charge is 0.252 e. The number of imidazole rings is 1. The van der Waals surface area contributed by atoms with Crippen LogP contribution in [0.15, 0.2) is 48.6 Å². The van der Waals surface area contributed by atoms with Gasteiger partial charge in [-0.3, -0.25) is 4.79 Å². The highest BCUT2D eigenvalue weighted by Gasteiger charge is 2.32. The lowest BCUT2D eigenvalue weighted by Gasteiger charge is -2.35. The molecule has 0 saturated carbocycles. The van der Waals surface area contributed by atoms with E-state index in [-0.39, 0.29) is 17.5 Å². The zero-order valence-corrected chi connectivity index (χ0v) is 18.3. The summed E-state index contributed by atoms with van der Waals surface area (Å²) in [6.07, 6.45) is 12.7. The molecular weight excluding hydrogens is 400 g/mol. The molecule has 3 aliphatic rings. The molecule has 8 heteroatoms. The normalized spacial score (nSPS) is 24.8. The molecule has 0 aliphatic carbocycles. The van der Waals surface area contributed by atoms with E-state index < -0.39 is 0 Å². The molecule has 5 heterocycles. The molecular formula is C22H25FN5OP. The van der Waals surface area contributed by atoms with E-state index in [0.29, 0.717) is 20.3 Å². The molecule has 156 valence electrons. The van der Waals surface area contributed by atoms with Crippen molar-refractivity contribution in [1.29, 1.82) is 0 Å². The van der Waals surface area contributed by atoms with Crippen LogP contribution in [0.1, 0.15) is 17.7 Å². The molecule has 1 amide bonds. The molecule has 2 unspecified atom stereocenters. The Morgan fingerprint density at radius 3 is 2.90 bits per heavy atom. The molecule has 0 spiro atoms. The van der Waals surface area contributed by atoms with Crippen LogP contribution in [0, 0.1) is 12.7 Å². The van der Waals surface area contributed by atoms with Gasteiger partial charge in [-0.2, -0.15) is 0 Å². The number of pyridine rings is 1. The Morgan fingerprint density at radius 2 is 2.13 bits per heavy atom. The van der Waals surface area contributed by atoms with Crippen molar-refractivity contribution in [2.75, 3.05) is 27.2 Å². The van der Waals surface area contributed by atoms with E-state index in [1.54, 1.807) is 16.7 Å². The Labute approximate surface area is 177 Å². The van der Waals surface area contributed by atoms with E-state index in [2.05, 4.69) is 41.0 Å². The van der Waals surface area contributed by atoms with Crippen molar-refractivity contribution in [1.82, 2.24) is 24.1 Å². The van der Waals surface area contributed by atoms with Crippen LogP contribution in [0.4, 0.5) is 4.39 Å². The summed E-state index contributed by atoms with van der Waals surface area (Å²) in [7, 11) is 4.59. The van der Waals surface area contributed by atoms with Crippen LogP contribution in [0.3, 0.4) is 0 Å². The zero-order chi connectivity index (χ0) is 21.0. The van der Waals surface area contributed by atoms with Crippen LogP contribution in [-0.2, 0) is 4.79 Å². The summed E-state index contributed by atoms with van der Waals surface area (Å²) in [6.45, 7) is 3.81. The predicted octanol–water partition coefficient (Wildman–Crippen LogP) is 3.02. The van der Waals surface area contributed by atoms with Crippen molar-refractivity contribution in [3.8, 4) is 0 Å². The summed E-state index contributed by atoms with van der Waals surface area (Å²) in [5.74, 6) is -0.440. The predicted molar refractivity (Wildman–Crippen MR) is 118 cm³/mol. The molecule has 3 atom stereocenters. The maximum atomic E-state index is 14.5. The summed E-state index contributed by atoms with van der Waals surface area (Å²) < 4.78 is 16.2. The summed E-state index contributed by atoms with van der Waals surface area (Å²) in [5, 5.41) is 0.878. The highest BCUT2D eigenvalue weighted by atomic mass is 31.1. The highest BCUT2D eigenvalue weighted by molar-refractivity contribution is 7.51. The number of likely N-dealkylation sites (N-methyl/N-ethyl adjacent to an activating group) is 1. The molecule has 1 saturated heterocycles. The fourth-order valence-electron chi connectivity index (χ4n) is 4.34. The van der Waals surface area contributed by atoms with E-state index in [0.717, 1.165) is 41.8 Å². The second kappa shape index (κ2) is 7.33. The standard InChI is InChI=1S/C22H25FN5OP/c1-14-10-27-11-15(8-18(23)22(27)24-14)19-9-20(29)28-13-17(4-5-21(28)30-19)26-7-6-16(12-26)25(2)3/h4-5,8-11,13,16,21,30H,6-7,12H2,1-3H3/t16-,21?/m0/s1. The number of likely N-dealkylation sites (tertiary alicyclic amines) is 1. The van der Waals surface area contributed by atoms with Crippen LogP contribution in [0.25, 0.3) is 11.0 Å². The van der Waals surface area contributed by atoms with Crippen LogP contribution in [0.2, 0.25) is 0 Å². The first-order valence-corrected chi connectivity index (χ1v) is 11.2. The third-order valence-corrected chi connectivity index (χ3v) is 7.55. The Morgan fingerprint density at radius 1 is 1.30 bits per heavy atom. The van der Waals surface area contributed by atoms with Crippen molar-refractivity contribution in [2.24, 2.45) is 0 Å². The van der Waals surface area contributed by atoms with Crippen molar-refractivity contribution in [3.63, 3.8) is 0 Å². The fourth-order valence-corrected chi connectivity index (χ4v) is 5.71. The molecule has 0 N–H and O–H groups in total. The van der Waals surface area contributed by atoms with Gasteiger partial charge in [-0.15, -0.1) is 0 Å². The SMILES string of the molecule is Cc1cn2cc(C3=CC(=O)N4C=C(N5CC[C@H](N(C)C)C5)C=CC4P3)cc(F)c2n1. The van der Waals surface area contributed by atoms with Crippen LogP contribution >= 0.6 is 8.58 Å². The van der Waals surface area contributed by atoms with Gasteiger partial charge in [0.1, 0.15) is 0 Å². The Kier molecular flexibility index (Phi) is 4.75. The van der Waals surface area contributed by atoms with Gasteiger partial charge < -0.3 is 19.1 Å². The van der Waals surface area contributed by atoms with Gasteiger partial charge in [0.25, 0.3) is 5.91 Å². The largest absolute Gasteiger partial charge is 0.369 e. The molecule has 1 fully saturated rings. The topological polar surface area (TPSA) is 44.1 Å². The number of carbonyl (C=O) groups excluding carboxylic acids is 1. The van der Waals surface area contributed by atoms with E-state index >= 15 is 0 Å². The molecule has 0 aromatic carbocycles. The van der Waals surface area contributed by atoms with Crippen LogP contribution in [-0.4, -0.2) is 69.0 Å². The number of allylic oxidation sites excluding steroid dienone is 1. The third kappa shape index (κ3) is 3.36. The van der Waals surface area contributed by atoms with E-state index in [1.807, 2.05) is 24.2 Å². The molecule has 5 rings (SSSR count). The number of fused-ring (bicyclic) bond motifs is 2. The maximum Gasteiger partial charge on any atom is 0.252 e. The average Bonchev–Trinajstić information content (AvgIpc) is 3.34. The number of hydrogen-bond acceptors (Lipinski definition) is 4. The minimum absolute atomic E-state index is 0.0169. The molecule has 0 radical (unpaired) electrons. The Bertz CT molecular complexity index is 1120. The molecule has 30 heavy (non-hydrogen) atoms. The third-order valence-electron chi connectivity index (χ3n) is 6.04. The van der Waals surface area contributed by atoms with Crippen molar-refractivity contribution < 1.29 is 9.18 Å². The van der Waals surface area contributed by atoms with Crippen LogP contribution < -0.4 is 0 Å². The minimum atomic E-state index is -0.368. The number of carbonyl (C=O) groups is 1. The van der Waals surface area contributed by atoms with Crippen LogP contribution in [0.5, 0.6) is 0 Å². The fraction of sp³-hybridized carbons (Fsp3) is 0.364. The van der Waals surface area contributed by atoms with E-state index in [1.165, 1.54) is 6.07 Å². The number of hydrogen-bond donors (Lipinski definition) is 0. The molecule has 3 aliphatic heterocycles. The van der Waals surface area contributed by atoms with Gasteiger partial charge in [0.05, 0.1) is 17.2 Å². The summed E-state index contributed by atoms with van der Waals surface area (Å²) in [6, 6.07) is 2.03. The van der Waals surface area contributed by atoms with Gasteiger partial charge in [0, 0.05) is 49.4 Å².